The second-order valence-electron chi connectivity index (χ2n) is 13.5. The lowest BCUT2D eigenvalue weighted by atomic mass is 10.0. The predicted octanol–water partition coefficient (Wildman–Crippen LogP) is 6.64. The van der Waals surface area contributed by atoms with Crippen LogP contribution in [0.15, 0.2) is 66.5 Å². The average molecular weight is 664 g/mol. The number of imidazole rings is 2. The summed E-state index contributed by atoms with van der Waals surface area (Å²) < 4.78 is 4.75. The van der Waals surface area contributed by atoms with Crippen LogP contribution >= 0.6 is 0 Å². The fraction of sp³-hybridized carbons (Fsp3) is 0.395. The van der Waals surface area contributed by atoms with E-state index in [1.165, 1.54) is 7.11 Å². The number of likely N-dealkylation sites (tertiary alicyclic amines) is 1. The number of hydrogen-bond acceptors (Lipinski definition) is 6. The van der Waals surface area contributed by atoms with Gasteiger partial charge in [0.25, 0.3) is 0 Å². The highest BCUT2D eigenvalue weighted by Crippen LogP contribution is 2.35. The molecule has 1 unspecified atom stereocenters. The zero-order valence-electron chi connectivity index (χ0n) is 28.8. The van der Waals surface area contributed by atoms with Crippen molar-refractivity contribution in [1.82, 2.24) is 35.5 Å². The minimum atomic E-state index is -0.673. The first-order chi connectivity index (χ1) is 23.6. The first-order valence-corrected chi connectivity index (χ1v) is 17.1. The number of rotatable bonds is 10. The van der Waals surface area contributed by atoms with Crippen LogP contribution in [0.1, 0.15) is 77.5 Å². The van der Waals surface area contributed by atoms with Crippen LogP contribution in [0.5, 0.6) is 0 Å². The summed E-state index contributed by atoms with van der Waals surface area (Å²) in [5, 5.41) is 5.71. The Morgan fingerprint density at radius 1 is 0.816 bits per heavy atom. The van der Waals surface area contributed by atoms with E-state index in [0.717, 1.165) is 88.5 Å². The SMILES string of the molecule is COC(=O)NC(C(=O)N1CCC[C@H]1c1ncc(-c2ccc(-c3ccc(-c4cnc(C5=C(C(=O)NC(C)C)CCC5)[nH]4)cc3)cc2)[nH]1)C(C)C. The molecule has 2 atom stereocenters. The number of methoxy groups -OCH3 is 1. The van der Waals surface area contributed by atoms with Crippen molar-refractivity contribution in [3.63, 3.8) is 0 Å². The summed E-state index contributed by atoms with van der Waals surface area (Å²) in [6.07, 6.45) is 7.26. The number of ether oxygens (including phenoxy) is 1. The van der Waals surface area contributed by atoms with Gasteiger partial charge in [0.15, 0.2) is 0 Å². The molecule has 11 nitrogen and oxygen atoms in total. The van der Waals surface area contributed by atoms with Crippen molar-refractivity contribution in [3.8, 4) is 33.6 Å². The Morgan fingerprint density at radius 2 is 1.43 bits per heavy atom. The Balaban J connectivity index is 1.13. The summed E-state index contributed by atoms with van der Waals surface area (Å²) in [4.78, 5) is 56.1. The molecule has 3 amide bonds. The van der Waals surface area contributed by atoms with Gasteiger partial charge >= 0.3 is 6.09 Å². The molecule has 4 N–H and O–H groups in total. The zero-order valence-corrected chi connectivity index (χ0v) is 28.8. The van der Waals surface area contributed by atoms with Gasteiger partial charge in [0.2, 0.25) is 11.8 Å². The molecular weight excluding hydrogens is 618 g/mol. The van der Waals surface area contributed by atoms with Crippen molar-refractivity contribution in [3.05, 3.63) is 78.1 Å². The van der Waals surface area contributed by atoms with E-state index in [2.05, 4.69) is 79.1 Å². The Labute approximate surface area is 287 Å². The molecule has 2 aromatic heterocycles. The van der Waals surface area contributed by atoms with Crippen molar-refractivity contribution in [2.24, 2.45) is 5.92 Å². The fourth-order valence-corrected chi connectivity index (χ4v) is 6.76. The van der Waals surface area contributed by atoms with Gasteiger partial charge < -0.3 is 30.2 Å². The quantitative estimate of drug-likeness (QED) is 0.150. The number of carbonyl (C=O) groups excluding carboxylic acids is 3. The molecule has 0 spiro atoms. The minimum absolute atomic E-state index is 0.00220. The van der Waals surface area contributed by atoms with Gasteiger partial charge in [-0.05, 0) is 74.1 Å². The van der Waals surface area contributed by atoms with E-state index in [1.54, 1.807) is 0 Å². The number of amides is 3. The maximum absolute atomic E-state index is 13.5. The van der Waals surface area contributed by atoms with Crippen LogP contribution in [0.25, 0.3) is 39.2 Å². The standard InChI is InChI=1S/C38H45N7O4/c1-22(2)33(44-38(48)49-5)37(47)45-19-7-10-32(45)35-40-21-31(43-35)27-17-13-25(14-18-27)24-11-15-26(16-12-24)30-20-39-34(42-30)28-8-6-9-29(28)36(46)41-23(3)4/h11-18,20-23,32-33H,6-10,19H2,1-5H3,(H,39,42)(H,40,43)(H,41,46)(H,44,48)/t32-,33?/m0/s1. The molecule has 49 heavy (non-hydrogen) atoms. The molecule has 4 aromatic rings. The Hall–Kier alpha value is -5.19. The maximum Gasteiger partial charge on any atom is 0.407 e. The van der Waals surface area contributed by atoms with Gasteiger partial charge in [0.1, 0.15) is 17.7 Å². The smallest absolute Gasteiger partial charge is 0.407 e. The molecule has 1 saturated heterocycles. The number of nitrogens with one attached hydrogen (secondary N) is 4. The molecule has 11 heteroatoms. The Kier molecular flexibility index (Phi) is 9.98. The predicted molar refractivity (Wildman–Crippen MR) is 189 cm³/mol. The summed E-state index contributed by atoms with van der Waals surface area (Å²) in [5.41, 5.74) is 7.83. The monoisotopic (exact) mass is 663 g/mol. The summed E-state index contributed by atoms with van der Waals surface area (Å²) in [7, 11) is 1.29. The van der Waals surface area contributed by atoms with Gasteiger partial charge in [-0.2, -0.15) is 0 Å². The number of carbonyl (C=O) groups is 3. The fourth-order valence-electron chi connectivity index (χ4n) is 6.76. The van der Waals surface area contributed by atoms with E-state index in [1.807, 2.05) is 45.0 Å². The largest absolute Gasteiger partial charge is 0.453 e. The average Bonchev–Trinajstić information content (AvgIpc) is 3.93. The van der Waals surface area contributed by atoms with Crippen LogP contribution in [0, 0.1) is 5.92 Å². The first-order valence-electron chi connectivity index (χ1n) is 17.1. The molecule has 2 aromatic carbocycles. The number of hydrogen-bond donors (Lipinski definition) is 4. The number of benzene rings is 2. The van der Waals surface area contributed by atoms with E-state index < -0.39 is 12.1 Å². The number of H-pyrrole nitrogens is 2. The molecule has 0 saturated carbocycles. The molecule has 256 valence electrons. The summed E-state index contributed by atoms with van der Waals surface area (Å²) >= 11 is 0. The van der Waals surface area contributed by atoms with E-state index in [9.17, 15) is 14.4 Å². The van der Waals surface area contributed by atoms with Crippen LogP contribution in [-0.2, 0) is 14.3 Å². The van der Waals surface area contributed by atoms with Crippen LogP contribution in [0.3, 0.4) is 0 Å². The minimum Gasteiger partial charge on any atom is -0.453 e. The van der Waals surface area contributed by atoms with Gasteiger partial charge in [-0.3, -0.25) is 9.59 Å². The molecule has 0 bridgehead atoms. The third-order valence-corrected chi connectivity index (χ3v) is 9.34. The third kappa shape index (κ3) is 7.30. The number of aromatic nitrogens is 4. The lowest BCUT2D eigenvalue weighted by molar-refractivity contribution is -0.135. The highest BCUT2D eigenvalue weighted by molar-refractivity contribution is 6.01. The molecule has 2 aliphatic rings. The van der Waals surface area contributed by atoms with Gasteiger partial charge in [-0.25, -0.2) is 14.8 Å². The Morgan fingerprint density at radius 3 is 2.04 bits per heavy atom. The van der Waals surface area contributed by atoms with E-state index in [-0.39, 0.29) is 29.8 Å². The van der Waals surface area contributed by atoms with E-state index in [4.69, 9.17) is 4.74 Å². The summed E-state index contributed by atoms with van der Waals surface area (Å²) in [5.74, 6) is 1.29. The Bertz CT molecular complexity index is 1840. The second kappa shape index (κ2) is 14.5. The highest BCUT2D eigenvalue weighted by Gasteiger charge is 2.37. The van der Waals surface area contributed by atoms with Crippen molar-refractivity contribution >= 4 is 23.5 Å². The van der Waals surface area contributed by atoms with Crippen LogP contribution in [-0.4, -0.2) is 68.5 Å². The van der Waals surface area contributed by atoms with Gasteiger partial charge in [-0.1, -0.05) is 62.4 Å². The number of alkyl carbamates (subject to hydrolysis) is 1. The molecule has 1 fully saturated rings. The number of allylic oxidation sites excluding steroid dienone is 1. The van der Waals surface area contributed by atoms with E-state index >= 15 is 0 Å². The van der Waals surface area contributed by atoms with Gasteiger partial charge in [0.05, 0.1) is 36.9 Å². The van der Waals surface area contributed by atoms with Crippen molar-refractivity contribution in [2.45, 2.75) is 77.9 Å². The molecule has 0 radical (unpaired) electrons. The van der Waals surface area contributed by atoms with Gasteiger partial charge in [0, 0.05) is 23.7 Å². The molecule has 1 aliphatic heterocycles. The molecule has 1 aliphatic carbocycles. The summed E-state index contributed by atoms with van der Waals surface area (Å²) in [6.45, 7) is 8.36. The second-order valence-corrected chi connectivity index (χ2v) is 13.5. The maximum atomic E-state index is 13.5. The van der Waals surface area contributed by atoms with E-state index in [0.29, 0.717) is 6.54 Å². The van der Waals surface area contributed by atoms with Gasteiger partial charge in [-0.15, -0.1) is 0 Å². The lowest BCUT2D eigenvalue weighted by Crippen LogP contribution is -2.51. The number of aromatic amines is 2. The summed E-state index contributed by atoms with van der Waals surface area (Å²) in [6, 6.07) is 15.9. The van der Waals surface area contributed by atoms with Crippen LogP contribution < -0.4 is 10.6 Å². The molecule has 6 rings (SSSR count). The third-order valence-electron chi connectivity index (χ3n) is 9.34. The highest BCUT2D eigenvalue weighted by atomic mass is 16.5. The normalized spacial score (nSPS) is 16.8. The number of nitrogens with zero attached hydrogens (tertiary/aromatic N) is 3. The van der Waals surface area contributed by atoms with Crippen molar-refractivity contribution < 1.29 is 19.1 Å². The molecule has 3 heterocycles. The van der Waals surface area contributed by atoms with Crippen molar-refractivity contribution in [2.75, 3.05) is 13.7 Å². The zero-order chi connectivity index (χ0) is 34.7. The van der Waals surface area contributed by atoms with Crippen LogP contribution in [0.4, 0.5) is 4.79 Å². The first kappa shape index (κ1) is 33.7. The van der Waals surface area contributed by atoms with Crippen molar-refractivity contribution in [1.29, 1.82) is 0 Å². The molecular formula is C38H45N7O4. The van der Waals surface area contributed by atoms with Crippen LogP contribution in [0.2, 0.25) is 0 Å². The lowest BCUT2D eigenvalue weighted by Gasteiger charge is -2.30. The topological polar surface area (TPSA) is 145 Å².